The van der Waals surface area contributed by atoms with Gasteiger partial charge in [-0.05, 0) is 49.9 Å². The Bertz CT molecular complexity index is 917. The number of hydrogen-bond donors (Lipinski definition) is 2. The maximum absolute atomic E-state index is 13.3. The molecule has 7 nitrogen and oxygen atoms in total. The predicted octanol–water partition coefficient (Wildman–Crippen LogP) is 3.81. The first-order chi connectivity index (χ1) is 14.8. The summed E-state index contributed by atoms with van der Waals surface area (Å²) in [5.74, 6) is -0.419. The number of carboxylic acid groups (broad SMARTS) is 1. The van der Waals surface area contributed by atoms with Crippen molar-refractivity contribution in [3.63, 3.8) is 0 Å². The zero-order valence-electron chi connectivity index (χ0n) is 18.0. The lowest BCUT2D eigenvalue weighted by molar-refractivity contribution is -0.134. The number of carboxylic acids is 1. The molecule has 0 aliphatic carbocycles. The number of aromatic carboxylic acids is 1. The van der Waals surface area contributed by atoms with E-state index < -0.39 is 11.5 Å². The molecule has 0 bridgehead atoms. The van der Waals surface area contributed by atoms with Gasteiger partial charge in [0, 0.05) is 24.6 Å². The van der Waals surface area contributed by atoms with E-state index >= 15 is 0 Å². The monoisotopic (exact) mass is 482 g/mol. The number of ether oxygens (including phenoxy) is 2. The van der Waals surface area contributed by atoms with E-state index in [0.29, 0.717) is 43.6 Å². The number of benzene rings is 2. The van der Waals surface area contributed by atoms with Gasteiger partial charge in [0.1, 0.15) is 17.9 Å². The predicted molar refractivity (Wildman–Crippen MR) is 125 cm³/mol. The van der Waals surface area contributed by atoms with Gasteiger partial charge in [-0.2, -0.15) is 0 Å². The standard InChI is InChI=1S/C23H27ClN2O5.ClH/c1-16(17-6-8-18(9-7-17)21(27)28)25-22(29)23(10-12-30-15-23)26(2)11-13-31-20-5-3-4-19(24)14-20;/h3-9,14,16H,10-13,15H2,1-2H3,(H,25,29)(H,27,28);1H/t16-,23?;/m0./s1. The van der Waals surface area contributed by atoms with Gasteiger partial charge in [-0.15, -0.1) is 12.4 Å². The normalized spacial score (nSPS) is 18.6. The molecule has 2 N–H and O–H groups in total. The first kappa shape index (κ1) is 25.9. The lowest BCUT2D eigenvalue weighted by atomic mass is 9.94. The summed E-state index contributed by atoms with van der Waals surface area (Å²) < 4.78 is 11.4. The molecule has 2 atom stereocenters. The number of nitrogens with zero attached hydrogens (tertiary/aromatic N) is 1. The number of carbonyl (C=O) groups is 2. The Kier molecular flexibility index (Phi) is 9.33. The molecule has 1 heterocycles. The number of likely N-dealkylation sites (N-methyl/N-ethyl adjacent to an activating group) is 1. The van der Waals surface area contributed by atoms with Gasteiger partial charge >= 0.3 is 5.97 Å². The minimum absolute atomic E-state index is 0. The Labute approximate surface area is 199 Å². The summed E-state index contributed by atoms with van der Waals surface area (Å²) in [6.45, 7) is 3.62. The maximum atomic E-state index is 13.3. The number of rotatable bonds is 9. The molecule has 0 spiro atoms. The first-order valence-electron chi connectivity index (χ1n) is 10.1. The van der Waals surface area contributed by atoms with E-state index in [0.717, 1.165) is 5.56 Å². The van der Waals surface area contributed by atoms with Crippen LogP contribution in [0.5, 0.6) is 5.75 Å². The number of hydrogen-bond acceptors (Lipinski definition) is 5. The van der Waals surface area contributed by atoms with Crippen LogP contribution in [0.25, 0.3) is 0 Å². The fraction of sp³-hybridized carbons (Fsp3) is 0.391. The average molecular weight is 483 g/mol. The van der Waals surface area contributed by atoms with E-state index in [2.05, 4.69) is 5.32 Å². The van der Waals surface area contributed by atoms with E-state index in [1.54, 1.807) is 24.3 Å². The summed E-state index contributed by atoms with van der Waals surface area (Å²) in [5, 5.41) is 12.7. The molecule has 1 amide bonds. The van der Waals surface area contributed by atoms with Gasteiger partial charge in [-0.3, -0.25) is 9.69 Å². The van der Waals surface area contributed by atoms with Gasteiger partial charge in [0.15, 0.2) is 0 Å². The highest BCUT2D eigenvalue weighted by Crippen LogP contribution is 2.27. The molecule has 32 heavy (non-hydrogen) atoms. The van der Waals surface area contributed by atoms with E-state index in [-0.39, 0.29) is 29.9 Å². The highest BCUT2D eigenvalue weighted by atomic mass is 35.5. The van der Waals surface area contributed by atoms with Crippen LogP contribution in [0, 0.1) is 0 Å². The third kappa shape index (κ3) is 6.13. The van der Waals surface area contributed by atoms with Crippen molar-refractivity contribution in [2.24, 2.45) is 0 Å². The van der Waals surface area contributed by atoms with Crippen molar-refractivity contribution in [3.8, 4) is 5.75 Å². The molecule has 1 aliphatic heterocycles. The summed E-state index contributed by atoms with van der Waals surface area (Å²) >= 11 is 5.99. The van der Waals surface area contributed by atoms with Crippen LogP contribution >= 0.6 is 24.0 Å². The van der Waals surface area contributed by atoms with Crippen LogP contribution in [-0.4, -0.2) is 60.8 Å². The van der Waals surface area contributed by atoms with Gasteiger partial charge in [-0.1, -0.05) is 29.8 Å². The van der Waals surface area contributed by atoms with Crippen LogP contribution < -0.4 is 10.1 Å². The minimum Gasteiger partial charge on any atom is -0.492 e. The molecule has 0 aromatic heterocycles. The SMILES string of the molecule is C[C@H](NC(=O)C1(N(C)CCOc2cccc(Cl)c2)CCOC1)c1ccc(C(=O)O)cc1.Cl. The molecule has 0 saturated carbocycles. The summed E-state index contributed by atoms with van der Waals surface area (Å²) in [6, 6.07) is 13.4. The molecule has 174 valence electrons. The summed E-state index contributed by atoms with van der Waals surface area (Å²) in [7, 11) is 1.89. The number of nitrogens with one attached hydrogen (secondary N) is 1. The van der Waals surface area contributed by atoms with E-state index in [4.69, 9.17) is 26.2 Å². The zero-order valence-corrected chi connectivity index (χ0v) is 19.6. The van der Waals surface area contributed by atoms with Gasteiger partial charge in [0.2, 0.25) is 5.91 Å². The van der Waals surface area contributed by atoms with Crippen LogP contribution in [0.4, 0.5) is 0 Å². The maximum Gasteiger partial charge on any atom is 0.335 e. The smallest absolute Gasteiger partial charge is 0.335 e. The quantitative estimate of drug-likeness (QED) is 0.564. The van der Waals surface area contributed by atoms with E-state index in [1.807, 2.05) is 31.0 Å². The Balaban J connectivity index is 0.00000363. The minimum atomic E-state index is -0.980. The first-order valence-corrected chi connectivity index (χ1v) is 10.5. The van der Waals surface area contributed by atoms with Gasteiger partial charge in [0.05, 0.1) is 18.2 Å². The topological polar surface area (TPSA) is 88.1 Å². The van der Waals surface area contributed by atoms with Gasteiger partial charge < -0.3 is 19.9 Å². The Morgan fingerprint density at radius 3 is 2.59 bits per heavy atom. The average Bonchev–Trinajstić information content (AvgIpc) is 3.25. The van der Waals surface area contributed by atoms with Crippen molar-refractivity contribution in [1.29, 1.82) is 0 Å². The van der Waals surface area contributed by atoms with E-state index in [9.17, 15) is 9.59 Å². The van der Waals surface area contributed by atoms with Crippen molar-refractivity contribution in [2.45, 2.75) is 24.9 Å². The van der Waals surface area contributed by atoms with Crippen LogP contribution in [0.2, 0.25) is 5.02 Å². The van der Waals surface area contributed by atoms with Crippen molar-refractivity contribution in [3.05, 3.63) is 64.7 Å². The van der Waals surface area contributed by atoms with Gasteiger partial charge in [-0.25, -0.2) is 4.79 Å². The highest BCUT2D eigenvalue weighted by Gasteiger charge is 2.46. The number of carbonyl (C=O) groups excluding carboxylic acids is 1. The second kappa shape index (κ2) is 11.5. The molecular formula is C23H28Cl2N2O5. The highest BCUT2D eigenvalue weighted by molar-refractivity contribution is 6.30. The Morgan fingerprint density at radius 2 is 2.00 bits per heavy atom. The van der Waals surface area contributed by atoms with Crippen LogP contribution in [0.15, 0.2) is 48.5 Å². The van der Waals surface area contributed by atoms with Crippen molar-refractivity contribution >= 4 is 35.9 Å². The fourth-order valence-corrected chi connectivity index (χ4v) is 3.79. The van der Waals surface area contributed by atoms with E-state index in [1.165, 1.54) is 12.1 Å². The summed E-state index contributed by atoms with van der Waals surface area (Å²) in [6.07, 6.45) is 0.581. The fourth-order valence-electron chi connectivity index (χ4n) is 3.61. The Hall–Kier alpha value is -2.32. The third-order valence-corrected chi connectivity index (χ3v) is 5.89. The van der Waals surface area contributed by atoms with Crippen molar-refractivity contribution < 1.29 is 24.2 Å². The molecule has 1 aliphatic rings. The molecule has 1 unspecified atom stereocenters. The Morgan fingerprint density at radius 1 is 1.28 bits per heavy atom. The molecule has 9 heteroatoms. The molecule has 1 saturated heterocycles. The largest absolute Gasteiger partial charge is 0.492 e. The molecule has 2 aromatic rings. The van der Waals surface area contributed by atoms with Crippen LogP contribution in [0.3, 0.4) is 0 Å². The van der Waals surface area contributed by atoms with Crippen molar-refractivity contribution in [1.82, 2.24) is 10.2 Å². The molecule has 1 fully saturated rings. The second-order valence-electron chi connectivity index (χ2n) is 7.68. The molecule has 2 aromatic carbocycles. The van der Waals surface area contributed by atoms with Gasteiger partial charge in [0.25, 0.3) is 0 Å². The van der Waals surface area contributed by atoms with Crippen molar-refractivity contribution in [2.75, 3.05) is 33.4 Å². The molecule has 0 radical (unpaired) electrons. The molecule has 3 rings (SSSR count). The van der Waals surface area contributed by atoms with Crippen LogP contribution in [-0.2, 0) is 9.53 Å². The lowest BCUT2D eigenvalue weighted by Crippen LogP contribution is -2.59. The molecular weight excluding hydrogens is 455 g/mol. The third-order valence-electron chi connectivity index (χ3n) is 5.65. The second-order valence-corrected chi connectivity index (χ2v) is 8.12. The summed E-state index contributed by atoms with van der Waals surface area (Å²) in [5.41, 5.74) is 0.259. The number of amides is 1. The summed E-state index contributed by atoms with van der Waals surface area (Å²) in [4.78, 5) is 26.3. The van der Waals surface area contributed by atoms with Crippen LogP contribution in [0.1, 0.15) is 35.3 Å². The zero-order chi connectivity index (χ0) is 22.4. The lowest BCUT2D eigenvalue weighted by Gasteiger charge is -2.36. The number of halogens is 2.